The zero-order valence-corrected chi connectivity index (χ0v) is 9.86. The Hall–Kier alpha value is -0.830. The molecule has 0 spiro atoms. The summed E-state index contributed by atoms with van der Waals surface area (Å²) in [7, 11) is 0. The lowest BCUT2D eigenvalue weighted by Crippen LogP contribution is -2.12. The predicted molar refractivity (Wildman–Crippen MR) is 64.5 cm³/mol. The van der Waals surface area contributed by atoms with E-state index in [1.807, 2.05) is 0 Å². The number of aromatic nitrogens is 2. The lowest BCUT2D eigenvalue weighted by Gasteiger charge is -2.14. The Bertz CT molecular complexity index is 359. The fourth-order valence-electron chi connectivity index (χ4n) is 2.99. The number of nitrogens with two attached hydrogens (primary N) is 1. The summed E-state index contributed by atoms with van der Waals surface area (Å²) in [4.78, 5) is 4.69. The van der Waals surface area contributed by atoms with Gasteiger partial charge in [0.2, 0.25) is 0 Å². The third-order valence-corrected chi connectivity index (χ3v) is 3.93. The molecule has 2 aliphatic rings. The molecule has 0 amide bonds. The van der Waals surface area contributed by atoms with Gasteiger partial charge in [-0.05, 0) is 32.2 Å². The van der Waals surface area contributed by atoms with Gasteiger partial charge in [-0.2, -0.15) is 0 Å². The molecule has 3 rings (SSSR count). The van der Waals surface area contributed by atoms with Crippen LogP contribution in [0, 0.1) is 0 Å². The molecule has 0 bridgehead atoms. The number of rotatable bonds is 4. The lowest BCUT2D eigenvalue weighted by atomic mass is 10.1. The van der Waals surface area contributed by atoms with E-state index in [0.717, 1.165) is 24.9 Å². The summed E-state index contributed by atoms with van der Waals surface area (Å²) >= 11 is 0. The molecule has 0 aromatic carbocycles. The highest BCUT2D eigenvalue weighted by Gasteiger charge is 2.31. The monoisotopic (exact) mass is 219 g/mol. The number of hydrogen-bond acceptors (Lipinski definition) is 2. The summed E-state index contributed by atoms with van der Waals surface area (Å²) in [6, 6.07) is 0.750. The molecule has 0 saturated heterocycles. The van der Waals surface area contributed by atoms with E-state index in [1.165, 1.54) is 50.0 Å². The molecule has 2 fully saturated rings. The first-order valence-electron chi connectivity index (χ1n) is 6.66. The van der Waals surface area contributed by atoms with Crippen LogP contribution in [0.5, 0.6) is 0 Å². The standard InChI is InChI=1S/C13H21N3/c14-8-7-12-9-15-13(10-3-1-2-4-10)16(12)11-5-6-11/h9-11H,1-8,14H2. The molecule has 2 saturated carbocycles. The third kappa shape index (κ3) is 1.77. The van der Waals surface area contributed by atoms with E-state index >= 15 is 0 Å². The van der Waals surface area contributed by atoms with Crippen molar-refractivity contribution < 1.29 is 0 Å². The van der Waals surface area contributed by atoms with Gasteiger partial charge in [0.25, 0.3) is 0 Å². The van der Waals surface area contributed by atoms with Crippen LogP contribution < -0.4 is 5.73 Å². The number of hydrogen-bond donors (Lipinski definition) is 1. The first-order valence-corrected chi connectivity index (χ1v) is 6.66. The molecule has 1 aromatic rings. The van der Waals surface area contributed by atoms with Gasteiger partial charge in [0.1, 0.15) is 5.82 Å². The molecule has 1 heterocycles. The van der Waals surface area contributed by atoms with Crippen LogP contribution in [0.3, 0.4) is 0 Å². The molecule has 0 aliphatic heterocycles. The van der Waals surface area contributed by atoms with Crippen LogP contribution in [0.1, 0.15) is 62.0 Å². The highest BCUT2D eigenvalue weighted by molar-refractivity contribution is 5.14. The van der Waals surface area contributed by atoms with E-state index in [0.29, 0.717) is 0 Å². The second-order valence-electron chi connectivity index (χ2n) is 5.23. The molecule has 2 N–H and O–H groups in total. The van der Waals surface area contributed by atoms with Crippen LogP contribution in [0.2, 0.25) is 0 Å². The average Bonchev–Trinajstić information content (AvgIpc) is 2.82. The Balaban J connectivity index is 1.90. The van der Waals surface area contributed by atoms with E-state index in [2.05, 4.69) is 15.7 Å². The van der Waals surface area contributed by atoms with Crippen LogP contribution in [0.25, 0.3) is 0 Å². The maximum atomic E-state index is 5.67. The Morgan fingerprint density at radius 2 is 2.00 bits per heavy atom. The highest BCUT2D eigenvalue weighted by atomic mass is 15.1. The van der Waals surface area contributed by atoms with E-state index in [-0.39, 0.29) is 0 Å². The smallest absolute Gasteiger partial charge is 0.112 e. The maximum absolute atomic E-state index is 5.67. The van der Waals surface area contributed by atoms with Crippen molar-refractivity contribution in [1.29, 1.82) is 0 Å². The van der Waals surface area contributed by atoms with Gasteiger partial charge in [-0.3, -0.25) is 0 Å². The molecule has 2 aliphatic carbocycles. The topological polar surface area (TPSA) is 43.8 Å². The average molecular weight is 219 g/mol. The fourth-order valence-corrected chi connectivity index (χ4v) is 2.99. The number of imidazole rings is 1. The molecular formula is C13H21N3. The second-order valence-corrected chi connectivity index (χ2v) is 5.23. The number of nitrogens with zero attached hydrogens (tertiary/aromatic N) is 2. The van der Waals surface area contributed by atoms with Gasteiger partial charge in [-0.15, -0.1) is 0 Å². The van der Waals surface area contributed by atoms with Gasteiger partial charge in [-0.25, -0.2) is 4.98 Å². The Morgan fingerprint density at radius 3 is 2.62 bits per heavy atom. The van der Waals surface area contributed by atoms with Crippen molar-refractivity contribution in [2.45, 2.75) is 56.9 Å². The summed E-state index contributed by atoms with van der Waals surface area (Å²) in [5, 5.41) is 0. The van der Waals surface area contributed by atoms with E-state index in [4.69, 9.17) is 5.73 Å². The molecular weight excluding hydrogens is 198 g/mol. The molecule has 1 aromatic heterocycles. The van der Waals surface area contributed by atoms with Gasteiger partial charge in [0, 0.05) is 30.3 Å². The summed E-state index contributed by atoms with van der Waals surface area (Å²) < 4.78 is 2.52. The van der Waals surface area contributed by atoms with Crippen molar-refractivity contribution >= 4 is 0 Å². The molecule has 0 radical (unpaired) electrons. The molecule has 0 atom stereocenters. The van der Waals surface area contributed by atoms with Crippen molar-refractivity contribution in [2.24, 2.45) is 5.73 Å². The zero-order valence-electron chi connectivity index (χ0n) is 9.86. The van der Waals surface area contributed by atoms with Crippen LogP contribution in [-0.2, 0) is 6.42 Å². The van der Waals surface area contributed by atoms with E-state index in [1.54, 1.807) is 0 Å². The van der Waals surface area contributed by atoms with Crippen LogP contribution >= 0.6 is 0 Å². The van der Waals surface area contributed by atoms with Crippen molar-refractivity contribution in [3.8, 4) is 0 Å². The largest absolute Gasteiger partial charge is 0.330 e. The Morgan fingerprint density at radius 1 is 1.25 bits per heavy atom. The van der Waals surface area contributed by atoms with Gasteiger partial charge < -0.3 is 10.3 Å². The molecule has 88 valence electrons. The molecule has 3 nitrogen and oxygen atoms in total. The van der Waals surface area contributed by atoms with Gasteiger partial charge in [-0.1, -0.05) is 12.8 Å². The van der Waals surface area contributed by atoms with Crippen molar-refractivity contribution in [1.82, 2.24) is 9.55 Å². The predicted octanol–water partition coefficient (Wildman–Crippen LogP) is 2.38. The maximum Gasteiger partial charge on any atom is 0.112 e. The highest BCUT2D eigenvalue weighted by Crippen LogP contribution is 2.41. The minimum Gasteiger partial charge on any atom is -0.330 e. The second kappa shape index (κ2) is 4.21. The van der Waals surface area contributed by atoms with Crippen LogP contribution in [0.15, 0.2) is 6.20 Å². The van der Waals surface area contributed by atoms with Gasteiger partial charge >= 0.3 is 0 Å². The summed E-state index contributed by atoms with van der Waals surface area (Å²) in [5.74, 6) is 2.09. The molecule has 16 heavy (non-hydrogen) atoms. The summed E-state index contributed by atoms with van der Waals surface area (Å²) in [5.41, 5.74) is 7.04. The van der Waals surface area contributed by atoms with Crippen LogP contribution in [0.4, 0.5) is 0 Å². The van der Waals surface area contributed by atoms with E-state index in [9.17, 15) is 0 Å². The SMILES string of the molecule is NCCc1cnc(C2CCCC2)n1C1CC1. The van der Waals surface area contributed by atoms with Crippen molar-refractivity contribution in [3.63, 3.8) is 0 Å². The van der Waals surface area contributed by atoms with Crippen molar-refractivity contribution in [2.75, 3.05) is 6.54 Å². The molecule has 0 unspecified atom stereocenters. The first kappa shape index (κ1) is 10.3. The minimum atomic E-state index is 0.729. The quantitative estimate of drug-likeness (QED) is 0.845. The van der Waals surface area contributed by atoms with Gasteiger partial charge in [0.15, 0.2) is 0 Å². The van der Waals surface area contributed by atoms with E-state index < -0.39 is 0 Å². The fraction of sp³-hybridized carbons (Fsp3) is 0.769. The summed E-state index contributed by atoms with van der Waals surface area (Å²) in [6.07, 6.45) is 11.2. The van der Waals surface area contributed by atoms with Gasteiger partial charge in [0.05, 0.1) is 0 Å². The van der Waals surface area contributed by atoms with Crippen molar-refractivity contribution in [3.05, 3.63) is 17.7 Å². The van der Waals surface area contributed by atoms with Crippen LogP contribution in [-0.4, -0.2) is 16.1 Å². The normalized spacial score (nSPS) is 21.8. The lowest BCUT2D eigenvalue weighted by molar-refractivity contribution is 0.576. The summed E-state index contributed by atoms with van der Waals surface area (Å²) in [6.45, 7) is 0.739. The Labute approximate surface area is 97.0 Å². The Kier molecular flexibility index (Phi) is 2.72. The first-order chi connectivity index (χ1) is 7.90. The minimum absolute atomic E-state index is 0.729. The zero-order chi connectivity index (χ0) is 11.0. The molecule has 3 heteroatoms. The third-order valence-electron chi connectivity index (χ3n) is 3.93.